The summed E-state index contributed by atoms with van der Waals surface area (Å²) in [6.45, 7) is 2.03. The molecule has 1 aliphatic heterocycles. The molecule has 198 valence electrons. The first-order valence-electron chi connectivity index (χ1n) is 11.8. The fourth-order valence-electron chi connectivity index (χ4n) is 4.07. The van der Waals surface area contributed by atoms with Crippen molar-refractivity contribution in [2.75, 3.05) is 7.11 Å². The van der Waals surface area contributed by atoms with Crippen LogP contribution in [0.2, 0.25) is 0 Å². The van der Waals surface area contributed by atoms with Crippen molar-refractivity contribution in [1.29, 1.82) is 0 Å². The van der Waals surface area contributed by atoms with Gasteiger partial charge in [0.25, 0.3) is 11.1 Å². The van der Waals surface area contributed by atoms with E-state index in [4.69, 9.17) is 8.92 Å². The molecule has 0 saturated carbocycles. The molecule has 1 aliphatic rings. The second-order valence-corrected chi connectivity index (χ2v) is 12.5. The van der Waals surface area contributed by atoms with E-state index in [0.29, 0.717) is 9.13 Å². The Hall–Kier alpha value is -3.35. The summed E-state index contributed by atoms with van der Waals surface area (Å²) in [7, 11) is -2.70. The van der Waals surface area contributed by atoms with Crippen LogP contribution in [-0.4, -0.2) is 31.6 Å². The summed E-state index contributed by atoms with van der Waals surface area (Å²) in [5.41, 5.74) is 2.34. The number of carbonyl (C=O) groups is 2. The molecule has 0 atom stereocenters. The number of nitrogens with zero attached hydrogens (tertiary/aromatic N) is 1. The van der Waals surface area contributed by atoms with E-state index in [0.717, 1.165) is 33.7 Å². The number of amides is 2. The third-order valence-electron chi connectivity index (χ3n) is 6.08. The van der Waals surface area contributed by atoms with Crippen LogP contribution in [0, 0.1) is 10.5 Å². The van der Waals surface area contributed by atoms with Gasteiger partial charge in [-0.25, -0.2) is 0 Å². The lowest BCUT2D eigenvalue weighted by Crippen LogP contribution is -2.27. The summed E-state index contributed by atoms with van der Waals surface area (Å²) >= 11 is 2.81. The second-order valence-electron chi connectivity index (χ2n) is 8.83. The summed E-state index contributed by atoms with van der Waals surface area (Å²) in [6.07, 6.45) is 1.59. The predicted molar refractivity (Wildman–Crippen MR) is 160 cm³/mol. The van der Waals surface area contributed by atoms with Crippen LogP contribution in [0.25, 0.3) is 16.8 Å². The maximum atomic E-state index is 13.1. The van der Waals surface area contributed by atoms with Crippen LogP contribution < -0.4 is 8.92 Å². The van der Waals surface area contributed by atoms with Crippen LogP contribution in [0.15, 0.2) is 88.7 Å². The molecule has 39 heavy (non-hydrogen) atoms. The zero-order chi connectivity index (χ0) is 27.7. The molecular formula is C29H22INO6S2. The van der Waals surface area contributed by atoms with E-state index in [1.54, 1.807) is 30.3 Å². The van der Waals surface area contributed by atoms with Gasteiger partial charge in [-0.3, -0.25) is 14.5 Å². The SMILES string of the molecule is COc1cc(/C=C2\SC(=O)N(Cc3ccc4ccccc4c3)C2=O)cc(I)c1OS(=O)(=O)c1ccc(C)cc1. The summed E-state index contributed by atoms with van der Waals surface area (Å²) in [6, 6.07) is 23.3. The van der Waals surface area contributed by atoms with E-state index >= 15 is 0 Å². The van der Waals surface area contributed by atoms with Crippen molar-refractivity contribution in [3.05, 3.63) is 104 Å². The van der Waals surface area contributed by atoms with Gasteiger partial charge >= 0.3 is 10.1 Å². The molecule has 0 radical (unpaired) electrons. The van der Waals surface area contributed by atoms with Gasteiger partial charge in [0.2, 0.25) is 0 Å². The Kier molecular flexibility index (Phi) is 7.70. The first-order chi connectivity index (χ1) is 18.6. The number of rotatable bonds is 7. The topological polar surface area (TPSA) is 90.0 Å². The molecule has 10 heteroatoms. The van der Waals surface area contributed by atoms with E-state index < -0.39 is 16.0 Å². The average Bonchev–Trinajstić information content (AvgIpc) is 3.17. The Morgan fingerprint density at radius 1 is 0.949 bits per heavy atom. The van der Waals surface area contributed by atoms with Gasteiger partial charge in [-0.15, -0.1) is 0 Å². The fraction of sp³-hybridized carbons (Fsp3) is 0.103. The van der Waals surface area contributed by atoms with Crippen molar-refractivity contribution in [3.63, 3.8) is 0 Å². The highest BCUT2D eigenvalue weighted by atomic mass is 127. The Bertz CT molecular complexity index is 1750. The molecule has 0 bridgehead atoms. The van der Waals surface area contributed by atoms with Crippen molar-refractivity contribution in [2.45, 2.75) is 18.4 Å². The van der Waals surface area contributed by atoms with Gasteiger partial charge < -0.3 is 8.92 Å². The second kappa shape index (κ2) is 11.0. The van der Waals surface area contributed by atoms with Crippen LogP contribution in [0.4, 0.5) is 4.79 Å². The smallest absolute Gasteiger partial charge is 0.339 e. The van der Waals surface area contributed by atoms with Crippen molar-refractivity contribution in [1.82, 2.24) is 4.90 Å². The Morgan fingerprint density at radius 3 is 2.38 bits per heavy atom. The van der Waals surface area contributed by atoms with Crippen LogP contribution >= 0.6 is 34.4 Å². The van der Waals surface area contributed by atoms with Gasteiger partial charge in [-0.2, -0.15) is 8.42 Å². The number of thioether (sulfide) groups is 1. The van der Waals surface area contributed by atoms with Gasteiger partial charge in [0.05, 0.1) is 22.1 Å². The maximum Gasteiger partial charge on any atom is 0.339 e. The number of hydrogen-bond donors (Lipinski definition) is 0. The molecule has 0 unspecified atom stereocenters. The number of benzene rings is 4. The van der Waals surface area contributed by atoms with E-state index in [2.05, 4.69) is 0 Å². The average molecular weight is 672 g/mol. The number of fused-ring (bicyclic) bond motifs is 1. The zero-order valence-corrected chi connectivity index (χ0v) is 24.7. The zero-order valence-electron chi connectivity index (χ0n) is 20.9. The molecule has 4 aromatic carbocycles. The van der Waals surface area contributed by atoms with E-state index in [9.17, 15) is 18.0 Å². The molecular weight excluding hydrogens is 649 g/mol. The minimum atomic E-state index is -4.10. The molecule has 5 rings (SSSR count). The standard InChI is InChI=1S/C29H22INO6S2/c1-18-7-11-23(12-8-18)39(34,35)37-27-24(30)14-20(15-25(27)36-2)16-26-28(32)31(29(33)38-26)17-19-9-10-21-5-3-4-6-22(21)13-19/h3-16H,17H2,1-2H3/b26-16-. The third-order valence-corrected chi connectivity index (χ3v) is 9.02. The Labute approximate surface area is 244 Å². The maximum absolute atomic E-state index is 13.1. The summed E-state index contributed by atoms with van der Waals surface area (Å²) in [4.78, 5) is 27.4. The molecule has 2 amide bonds. The number of aryl methyl sites for hydroxylation is 1. The number of imide groups is 1. The largest absolute Gasteiger partial charge is 0.493 e. The Morgan fingerprint density at radius 2 is 1.67 bits per heavy atom. The van der Waals surface area contributed by atoms with Crippen LogP contribution in [0.1, 0.15) is 16.7 Å². The predicted octanol–water partition coefficient (Wildman–Crippen LogP) is 6.77. The number of halogens is 1. The molecule has 0 N–H and O–H groups in total. The van der Waals surface area contributed by atoms with Crippen LogP contribution in [-0.2, 0) is 21.5 Å². The third kappa shape index (κ3) is 5.82. The van der Waals surface area contributed by atoms with Crippen molar-refractivity contribution in [3.8, 4) is 11.5 Å². The summed E-state index contributed by atoms with van der Waals surface area (Å²) in [5, 5.41) is 1.76. The minimum absolute atomic E-state index is 0.0233. The fourth-order valence-corrected chi connectivity index (χ4v) is 6.75. The lowest BCUT2D eigenvalue weighted by Gasteiger charge is -2.14. The first-order valence-corrected chi connectivity index (χ1v) is 15.1. The van der Waals surface area contributed by atoms with Crippen LogP contribution in [0.5, 0.6) is 11.5 Å². The van der Waals surface area contributed by atoms with Gasteiger partial charge in [0.15, 0.2) is 11.5 Å². The van der Waals surface area contributed by atoms with Crippen LogP contribution in [0.3, 0.4) is 0 Å². The number of carbonyl (C=O) groups excluding carboxylic acids is 2. The minimum Gasteiger partial charge on any atom is -0.493 e. The molecule has 1 fully saturated rings. The summed E-state index contributed by atoms with van der Waals surface area (Å²) < 4.78 is 37.0. The Balaban J connectivity index is 1.39. The number of methoxy groups -OCH3 is 1. The highest BCUT2D eigenvalue weighted by Gasteiger charge is 2.35. The van der Waals surface area contributed by atoms with Gasteiger partial charge in [0, 0.05) is 0 Å². The van der Waals surface area contributed by atoms with Gasteiger partial charge in [-0.05, 0) is 99.6 Å². The molecule has 4 aromatic rings. The van der Waals surface area contributed by atoms with Crippen molar-refractivity contribution < 1.29 is 26.9 Å². The van der Waals surface area contributed by atoms with Gasteiger partial charge in [0.1, 0.15) is 4.90 Å². The van der Waals surface area contributed by atoms with E-state index in [-0.39, 0.29) is 33.1 Å². The molecule has 1 saturated heterocycles. The molecule has 7 nitrogen and oxygen atoms in total. The van der Waals surface area contributed by atoms with Crippen molar-refractivity contribution in [2.24, 2.45) is 0 Å². The molecule has 0 spiro atoms. The summed E-state index contributed by atoms with van der Waals surface area (Å²) in [5.74, 6) is -0.172. The lowest BCUT2D eigenvalue weighted by atomic mass is 10.1. The monoisotopic (exact) mass is 671 g/mol. The quantitative estimate of drug-likeness (QED) is 0.122. The highest BCUT2D eigenvalue weighted by molar-refractivity contribution is 14.1. The van der Waals surface area contributed by atoms with Crippen molar-refractivity contribution >= 4 is 72.5 Å². The molecule has 1 heterocycles. The number of hydrogen-bond acceptors (Lipinski definition) is 7. The first kappa shape index (κ1) is 27.2. The lowest BCUT2D eigenvalue weighted by molar-refractivity contribution is -0.123. The van der Waals surface area contributed by atoms with E-state index in [1.165, 1.54) is 24.1 Å². The number of ether oxygens (including phenoxy) is 1. The highest BCUT2D eigenvalue weighted by Crippen LogP contribution is 2.39. The normalized spacial score (nSPS) is 14.8. The van der Waals surface area contributed by atoms with Gasteiger partial charge in [-0.1, -0.05) is 54.1 Å². The van der Waals surface area contributed by atoms with E-state index in [1.807, 2.05) is 72.0 Å². The molecule has 0 aromatic heterocycles. The molecule has 0 aliphatic carbocycles.